The lowest BCUT2D eigenvalue weighted by atomic mass is 10.0. The predicted molar refractivity (Wildman–Crippen MR) is 80.6 cm³/mol. The number of imide groups is 1. The normalized spacial score (nSPS) is 22.0. The molecule has 0 spiro atoms. The fourth-order valence-corrected chi connectivity index (χ4v) is 3.19. The number of aliphatic carboxylic acids is 1. The Morgan fingerprint density at radius 3 is 2.64 bits per heavy atom. The Balaban J connectivity index is 2.17. The molecule has 7 heteroatoms. The molecule has 1 aliphatic rings. The molecule has 0 saturated carbocycles. The average molecular weight is 325 g/mol. The number of carbonyl (C=O) groups excluding carboxylic acids is 2. The van der Waals surface area contributed by atoms with E-state index in [1.807, 2.05) is 17.5 Å². The van der Waals surface area contributed by atoms with Crippen LogP contribution in [-0.4, -0.2) is 39.6 Å². The molecule has 22 heavy (non-hydrogen) atoms. The van der Waals surface area contributed by atoms with E-state index in [2.05, 4.69) is 0 Å². The van der Waals surface area contributed by atoms with E-state index < -0.39 is 35.5 Å². The smallest absolute Gasteiger partial charge is 0.417 e. The van der Waals surface area contributed by atoms with Gasteiger partial charge in [0.15, 0.2) is 0 Å². The minimum atomic E-state index is -1.19. The van der Waals surface area contributed by atoms with E-state index in [1.165, 1.54) is 11.3 Å². The second kappa shape index (κ2) is 6.08. The standard InChI is InChI=1S/C15H19NO5S/c1-15(2,3)21-14(20)16-11(13(18)19)8-9(12(16)17)7-10-5-4-6-22-10/h4-6,9,11H,7-8H2,1-3H3,(H,18,19)/t9?,11-/m1/s1. The van der Waals surface area contributed by atoms with Crippen molar-refractivity contribution >= 4 is 29.3 Å². The minimum Gasteiger partial charge on any atom is -0.480 e. The monoisotopic (exact) mass is 325 g/mol. The van der Waals surface area contributed by atoms with Gasteiger partial charge in [0, 0.05) is 10.8 Å². The second-order valence-electron chi connectivity index (χ2n) is 6.26. The van der Waals surface area contributed by atoms with Crippen LogP contribution in [0.1, 0.15) is 32.1 Å². The summed E-state index contributed by atoms with van der Waals surface area (Å²) in [6, 6.07) is 2.61. The zero-order valence-corrected chi connectivity index (χ0v) is 13.6. The van der Waals surface area contributed by atoms with Gasteiger partial charge < -0.3 is 9.84 Å². The van der Waals surface area contributed by atoms with E-state index in [0.29, 0.717) is 6.42 Å². The van der Waals surface area contributed by atoms with Crippen LogP contribution in [0.3, 0.4) is 0 Å². The molecule has 120 valence electrons. The summed E-state index contributed by atoms with van der Waals surface area (Å²) in [5, 5.41) is 11.2. The van der Waals surface area contributed by atoms with Crippen LogP contribution < -0.4 is 0 Å². The van der Waals surface area contributed by atoms with Gasteiger partial charge in [-0.3, -0.25) is 4.79 Å². The summed E-state index contributed by atoms with van der Waals surface area (Å²) in [5.74, 6) is -2.17. The molecule has 6 nitrogen and oxygen atoms in total. The van der Waals surface area contributed by atoms with Crippen LogP contribution in [0.4, 0.5) is 4.79 Å². The zero-order chi connectivity index (χ0) is 16.5. The van der Waals surface area contributed by atoms with Gasteiger partial charge in [-0.2, -0.15) is 0 Å². The largest absolute Gasteiger partial charge is 0.480 e. The molecule has 2 heterocycles. The molecule has 1 saturated heterocycles. The molecule has 0 radical (unpaired) electrons. The third-order valence-corrected chi connectivity index (χ3v) is 4.21. The minimum absolute atomic E-state index is 0.116. The van der Waals surface area contributed by atoms with Crippen LogP contribution in [0.25, 0.3) is 0 Å². The molecule has 1 N–H and O–H groups in total. The summed E-state index contributed by atoms with van der Waals surface area (Å²) in [7, 11) is 0. The Bertz CT molecular complexity index is 575. The van der Waals surface area contributed by atoms with Crippen molar-refractivity contribution in [3.05, 3.63) is 22.4 Å². The van der Waals surface area contributed by atoms with Crippen molar-refractivity contribution < 1.29 is 24.2 Å². The molecule has 1 aromatic heterocycles. The second-order valence-corrected chi connectivity index (χ2v) is 7.29. The number of ether oxygens (including phenoxy) is 1. The topological polar surface area (TPSA) is 83.9 Å². The summed E-state index contributed by atoms with van der Waals surface area (Å²) in [6.45, 7) is 5.01. The highest BCUT2D eigenvalue weighted by molar-refractivity contribution is 7.09. The zero-order valence-electron chi connectivity index (χ0n) is 12.7. The average Bonchev–Trinajstić information content (AvgIpc) is 2.96. The number of carbonyl (C=O) groups is 3. The molecule has 0 aromatic carbocycles. The Morgan fingerprint density at radius 1 is 1.45 bits per heavy atom. The fraction of sp³-hybridized carbons (Fsp3) is 0.533. The number of likely N-dealkylation sites (tertiary alicyclic amines) is 1. The van der Waals surface area contributed by atoms with E-state index in [-0.39, 0.29) is 6.42 Å². The molecule has 1 fully saturated rings. The first-order chi connectivity index (χ1) is 10.2. The maximum Gasteiger partial charge on any atom is 0.417 e. The molecule has 1 unspecified atom stereocenters. The molecule has 2 atom stereocenters. The molecule has 1 aromatic rings. The number of carboxylic acid groups (broad SMARTS) is 1. The number of rotatable bonds is 3. The summed E-state index contributed by atoms with van der Waals surface area (Å²) in [5.41, 5.74) is -0.785. The first-order valence-electron chi connectivity index (χ1n) is 7.00. The maximum absolute atomic E-state index is 12.4. The van der Waals surface area contributed by atoms with Gasteiger partial charge in [0.2, 0.25) is 5.91 Å². The van der Waals surface area contributed by atoms with Crippen LogP contribution in [0.2, 0.25) is 0 Å². The number of hydrogen-bond acceptors (Lipinski definition) is 5. The van der Waals surface area contributed by atoms with E-state index in [9.17, 15) is 19.5 Å². The van der Waals surface area contributed by atoms with E-state index >= 15 is 0 Å². The molecule has 1 aliphatic heterocycles. The highest BCUT2D eigenvalue weighted by atomic mass is 32.1. The molecule has 0 aliphatic carbocycles. The van der Waals surface area contributed by atoms with Crippen molar-refractivity contribution in [1.82, 2.24) is 4.90 Å². The van der Waals surface area contributed by atoms with Crippen LogP contribution >= 0.6 is 11.3 Å². The van der Waals surface area contributed by atoms with Crippen molar-refractivity contribution in [3.63, 3.8) is 0 Å². The van der Waals surface area contributed by atoms with Crippen LogP contribution in [0.15, 0.2) is 17.5 Å². The number of carboxylic acids is 1. The van der Waals surface area contributed by atoms with Crippen molar-refractivity contribution in [2.45, 2.75) is 45.3 Å². The molecular formula is C15H19NO5S. The van der Waals surface area contributed by atoms with Crippen molar-refractivity contribution in [1.29, 1.82) is 0 Å². The van der Waals surface area contributed by atoms with E-state index in [4.69, 9.17) is 4.74 Å². The fourth-order valence-electron chi connectivity index (χ4n) is 2.41. The van der Waals surface area contributed by atoms with E-state index in [1.54, 1.807) is 20.8 Å². The van der Waals surface area contributed by atoms with Gasteiger partial charge in [0.05, 0.1) is 0 Å². The highest BCUT2D eigenvalue weighted by Crippen LogP contribution is 2.30. The Morgan fingerprint density at radius 2 is 2.14 bits per heavy atom. The van der Waals surface area contributed by atoms with Gasteiger partial charge in [-0.25, -0.2) is 14.5 Å². The maximum atomic E-state index is 12.4. The Hall–Kier alpha value is -1.89. The molecule has 0 bridgehead atoms. The lowest BCUT2D eigenvalue weighted by Crippen LogP contribution is -2.45. The van der Waals surface area contributed by atoms with Gasteiger partial charge in [0.1, 0.15) is 11.6 Å². The Kier molecular flexibility index (Phi) is 4.55. The summed E-state index contributed by atoms with van der Waals surface area (Å²) in [6.07, 6.45) is -0.330. The SMILES string of the molecule is CC(C)(C)OC(=O)N1C(=O)C(Cc2cccs2)C[C@@H]1C(=O)O. The number of hydrogen-bond donors (Lipinski definition) is 1. The predicted octanol–water partition coefficient (Wildman–Crippen LogP) is 2.53. The first-order valence-corrected chi connectivity index (χ1v) is 7.88. The number of thiophene rings is 1. The summed E-state index contributed by atoms with van der Waals surface area (Å²) in [4.78, 5) is 37.7. The molecular weight excluding hydrogens is 306 g/mol. The van der Waals surface area contributed by atoms with Crippen molar-refractivity contribution in [2.75, 3.05) is 0 Å². The molecule has 2 amide bonds. The first kappa shape index (κ1) is 16.5. The highest BCUT2D eigenvalue weighted by Gasteiger charge is 2.48. The van der Waals surface area contributed by atoms with Gasteiger partial charge in [-0.1, -0.05) is 6.07 Å². The molecule has 2 rings (SSSR count). The summed E-state index contributed by atoms with van der Waals surface area (Å²) < 4.78 is 5.16. The quantitative estimate of drug-likeness (QED) is 0.923. The van der Waals surface area contributed by atoms with Crippen molar-refractivity contribution in [2.24, 2.45) is 5.92 Å². The lowest BCUT2D eigenvalue weighted by molar-refractivity contribution is -0.145. The van der Waals surface area contributed by atoms with Crippen LogP contribution in [-0.2, 0) is 20.7 Å². The van der Waals surface area contributed by atoms with Crippen molar-refractivity contribution in [3.8, 4) is 0 Å². The Labute approximate surface area is 132 Å². The van der Waals surface area contributed by atoms with Gasteiger partial charge >= 0.3 is 12.1 Å². The van der Waals surface area contributed by atoms with Gasteiger partial charge in [-0.15, -0.1) is 11.3 Å². The third kappa shape index (κ3) is 3.65. The van der Waals surface area contributed by atoms with Crippen LogP contribution in [0, 0.1) is 5.92 Å². The summed E-state index contributed by atoms with van der Waals surface area (Å²) >= 11 is 1.51. The third-order valence-electron chi connectivity index (χ3n) is 3.31. The van der Waals surface area contributed by atoms with Gasteiger partial charge in [-0.05, 0) is 45.1 Å². The van der Waals surface area contributed by atoms with E-state index in [0.717, 1.165) is 9.78 Å². The number of amides is 2. The lowest BCUT2D eigenvalue weighted by Gasteiger charge is -2.25. The van der Waals surface area contributed by atoms with Gasteiger partial charge in [0.25, 0.3) is 0 Å². The van der Waals surface area contributed by atoms with Crippen LogP contribution in [0.5, 0.6) is 0 Å². The number of nitrogens with zero attached hydrogens (tertiary/aromatic N) is 1.